The molecule has 0 aliphatic rings. The number of hydrogen-bond acceptors (Lipinski definition) is 4. The van der Waals surface area contributed by atoms with Gasteiger partial charge < -0.3 is 20.3 Å². The van der Waals surface area contributed by atoms with Crippen LogP contribution >= 0.6 is 11.6 Å². The van der Waals surface area contributed by atoms with Crippen molar-refractivity contribution in [1.29, 1.82) is 0 Å². The first-order valence-electron chi connectivity index (χ1n) is 13.6. The molecule has 2 rings (SSSR count). The number of rotatable bonds is 10. The predicted molar refractivity (Wildman–Crippen MR) is 158 cm³/mol. The van der Waals surface area contributed by atoms with E-state index in [4.69, 9.17) is 16.3 Å². The van der Waals surface area contributed by atoms with Crippen LogP contribution in [0.1, 0.15) is 82.7 Å². The summed E-state index contributed by atoms with van der Waals surface area (Å²) in [5.41, 5.74) is 3.25. The summed E-state index contributed by atoms with van der Waals surface area (Å²) in [5.74, 6) is -0.609. The van der Waals surface area contributed by atoms with Gasteiger partial charge in [0.25, 0.3) is 5.91 Å². The number of anilines is 1. The van der Waals surface area contributed by atoms with Crippen molar-refractivity contribution in [3.63, 3.8) is 0 Å². The lowest BCUT2D eigenvalue weighted by atomic mass is 9.96. The Balaban J connectivity index is 2.59. The van der Waals surface area contributed by atoms with Gasteiger partial charge in [-0.25, -0.2) is 4.79 Å². The Morgan fingerprint density at radius 2 is 1.64 bits per heavy atom. The van der Waals surface area contributed by atoms with E-state index in [2.05, 4.69) is 10.6 Å². The second-order valence-electron chi connectivity index (χ2n) is 11.6. The summed E-state index contributed by atoms with van der Waals surface area (Å²) in [6, 6.07) is 9.46. The first-order valence-corrected chi connectivity index (χ1v) is 13.9. The standard InChI is InChI=1S/C31H44ClN3O4/c1-10-14-35(29(37)25(15-19(2)3)33-30(38)39-31(7,8)9)27(23-17-20(4)16-21(5)18-23)28(36)34-26-22(6)12-11-13-24(26)32/h11-13,16-19,25,27H,10,14-15H2,1-9H3,(H,33,38)(H,34,36). The number of nitrogens with one attached hydrogen (secondary N) is 2. The zero-order valence-corrected chi connectivity index (χ0v) is 25.5. The van der Waals surface area contributed by atoms with Crippen LogP contribution in [0.25, 0.3) is 0 Å². The highest BCUT2D eigenvalue weighted by Crippen LogP contribution is 2.30. The molecule has 0 aliphatic heterocycles. The first-order chi connectivity index (χ1) is 18.1. The average Bonchev–Trinajstić information content (AvgIpc) is 2.78. The van der Waals surface area contributed by atoms with E-state index in [0.29, 0.717) is 35.7 Å². The summed E-state index contributed by atoms with van der Waals surface area (Å²) in [4.78, 5) is 42.5. The van der Waals surface area contributed by atoms with Gasteiger partial charge in [0.2, 0.25) is 5.91 Å². The van der Waals surface area contributed by atoms with Crippen LogP contribution in [0.3, 0.4) is 0 Å². The molecule has 39 heavy (non-hydrogen) atoms. The van der Waals surface area contributed by atoms with Crippen LogP contribution in [-0.4, -0.2) is 41.0 Å². The van der Waals surface area contributed by atoms with Gasteiger partial charge in [0.15, 0.2) is 0 Å². The van der Waals surface area contributed by atoms with E-state index in [0.717, 1.165) is 16.7 Å². The highest BCUT2D eigenvalue weighted by Gasteiger charge is 2.36. The van der Waals surface area contributed by atoms with Gasteiger partial charge in [0.1, 0.15) is 17.7 Å². The smallest absolute Gasteiger partial charge is 0.408 e. The number of ether oxygens (including phenoxy) is 1. The number of alkyl carbamates (subject to hydrolysis) is 1. The molecule has 2 unspecified atom stereocenters. The fourth-order valence-electron chi connectivity index (χ4n) is 4.57. The molecule has 2 atom stereocenters. The summed E-state index contributed by atoms with van der Waals surface area (Å²) >= 11 is 6.44. The summed E-state index contributed by atoms with van der Waals surface area (Å²) in [6.45, 7) is 17.3. The van der Waals surface area contributed by atoms with Crippen LogP contribution in [0.15, 0.2) is 36.4 Å². The highest BCUT2D eigenvalue weighted by atomic mass is 35.5. The van der Waals surface area contributed by atoms with Crippen LogP contribution < -0.4 is 10.6 Å². The second kappa shape index (κ2) is 13.8. The molecule has 0 radical (unpaired) electrons. The van der Waals surface area contributed by atoms with Crippen molar-refractivity contribution in [2.45, 2.75) is 92.8 Å². The number of para-hydroxylation sites is 1. The molecule has 0 fully saturated rings. The number of carbonyl (C=O) groups excluding carboxylic acids is 3. The maximum Gasteiger partial charge on any atom is 0.408 e. The SMILES string of the molecule is CCCN(C(=O)C(CC(C)C)NC(=O)OC(C)(C)C)C(C(=O)Nc1c(C)cccc1Cl)c1cc(C)cc(C)c1. The van der Waals surface area contributed by atoms with Crippen molar-refractivity contribution in [3.8, 4) is 0 Å². The van der Waals surface area contributed by atoms with Crippen molar-refractivity contribution < 1.29 is 19.1 Å². The number of nitrogens with zero attached hydrogens (tertiary/aromatic N) is 1. The van der Waals surface area contributed by atoms with Crippen LogP contribution in [-0.2, 0) is 14.3 Å². The van der Waals surface area contributed by atoms with Gasteiger partial charge in [-0.3, -0.25) is 9.59 Å². The quantitative estimate of drug-likeness (QED) is 0.325. The fraction of sp³-hybridized carbons (Fsp3) is 0.516. The van der Waals surface area contributed by atoms with Crippen LogP contribution in [0.4, 0.5) is 10.5 Å². The van der Waals surface area contributed by atoms with E-state index in [1.54, 1.807) is 31.7 Å². The van der Waals surface area contributed by atoms with Gasteiger partial charge in [0, 0.05) is 6.54 Å². The van der Waals surface area contributed by atoms with Gasteiger partial charge in [-0.1, -0.05) is 73.8 Å². The van der Waals surface area contributed by atoms with Crippen LogP contribution in [0.5, 0.6) is 0 Å². The van der Waals surface area contributed by atoms with Crippen molar-refractivity contribution in [2.24, 2.45) is 5.92 Å². The maximum atomic E-state index is 14.2. The Kier molecular flexibility index (Phi) is 11.4. The number of carbonyl (C=O) groups is 3. The predicted octanol–water partition coefficient (Wildman–Crippen LogP) is 7.12. The van der Waals surface area contributed by atoms with Gasteiger partial charge in [0.05, 0.1) is 10.7 Å². The van der Waals surface area contributed by atoms with E-state index < -0.39 is 23.8 Å². The molecule has 3 amide bonds. The number of benzene rings is 2. The molecule has 214 valence electrons. The third-order valence-corrected chi connectivity index (χ3v) is 6.35. The van der Waals surface area contributed by atoms with Crippen molar-refractivity contribution in [2.75, 3.05) is 11.9 Å². The Labute approximate surface area is 238 Å². The molecule has 2 N–H and O–H groups in total. The average molecular weight is 558 g/mol. The molecule has 0 bridgehead atoms. The van der Waals surface area contributed by atoms with Crippen LogP contribution in [0.2, 0.25) is 5.02 Å². The summed E-state index contributed by atoms with van der Waals surface area (Å²) in [5, 5.41) is 6.18. The minimum atomic E-state index is -0.943. The lowest BCUT2D eigenvalue weighted by molar-refractivity contribution is -0.141. The summed E-state index contributed by atoms with van der Waals surface area (Å²) in [6.07, 6.45) is 0.340. The van der Waals surface area contributed by atoms with Crippen molar-refractivity contribution in [3.05, 3.63) is 63.7 Å². The third kappa shape index (κ3) is 9.57. The molecule has 0 saturated heterocycles. The first kappa shape index (κ1) is 32.2. The monoisotopic (exact) mass is 557 g/mol. The molecule has 0 spiro atoms. The highest BCUT2D eigenvalue weighted by molar-refractivity contribution is 6.34. The lowest BCUT2D eigenvalue weighted by Crippen LogP contribution is -2.53. The normalized spacial score (nSPS) is 13.0. The zero-order valence-electron chi connectivity index (χ0n) is 24.8. The molecular weight excluding hydrogens is 514 g/mol. The van der Waals surface area contributed by atoms with Gasteiger partial charge in [-0.2, -0.15) is 0 Å². The molecule has 0 aromatic heterocycles. The Hall–Kier alpha value is -3.06. The second-order valence-corrected chi connectivity index (χ2v) is 12.0. The van der Waals surface area contributed by atoms with Crippen molar-refractivity contribution in [1.82, 2.24) is 10.2 Å². The zero-order chi connectivity index (χ0) is 29.5. The van der Waals surface area contributed by atoms with E-state index in [1.165, 1.54) is 0 Å². The Bertz CT molecular complexity index is 1130. The van der Waals surface area contributed by atoms with Gasteiger partial charge >= 0.3 is 6.09 Å². The fourth-order valence-corrected chi connectivity index (χ4v) is 4.84. The van der Waals surface area contributed by atoms with E-state index in [-0.39, 0.29) is 17.7 Å². The molecule has 0 saturated carbocycles. The van der Waals surface area contributed by atoms with Gasteiger partial charge in [-0.15, -0.1) is 0 Å². The molecule has 2 aromatic carbocycles. The Morgan fingerprint density at radius 3 is 2.15 bits per heavy atom. The molecule has 0 aliphatic carbocycles. The number of hydrogen-bond donors (Lipinski definition) is 2. The molecule has 8 heteroatoms. The number of aryl methyl sites for hydroxylation is 3. The third-order valence-electron chi connectivity index (χ3n) is 6.03. The molecule has 0 heterocycles. The van der Waals surface area contributed by atoms with Gasteiger partial charge in [-0.05, 0) is 77.5 Å². The number of amides is 3. The Morgan fingerprint density at radius 1 is 1.03 bits per heavy atom. The lowest BCUT2D eigenvalue weighted by Gasteiger charge is -2.35. The van der Waals surface area contributed by atoms with E-state index in [9.17, 15) is 14.4 Å². The summed E-state index contributed by atoms with van der Waals surface area (Å²) in [7, 11) is 0. The molecular formula is C31H44ClN3O4. The molecule has 2 aromatic rings. The van der Waals surface area contributed by atoms with Crippen molar-refractivity contribution >= 4 is 35.2 Å². The topological polar surface area (TPSA) is 87.7 Å². The maximum absolute atomic E-state index is 14.2. The number of halogens is 1. The van der Waals surface area contributed by atoms with Crippen LogP contribution in [0, 0.1) is 26.7 Å². The largest absolute Gasteiger partial charge is 0.444 e. The summed E-state index contributed by atoms with van der Waals surface area (Å²) < 4.78 is 5.45. The van der Waals surface area contributed by atoms with E-state index >= 15 is 0 Å². The molecule has 7 nitrogen and oxygen atoms in total. The minimum Gasteiger partial charge on any atom is -0.444 e. The van der Waals surface area contributed by atoms with E-state index in [1.807, 2.05) is 71.9 Å². The minimum absolute atomic E-state index is 0.108.